The van der Waals surface area contributed by atoms with E-state index >= 15 is 0 Å². The lowest BCUT2D eigenvalue weighted by molar-refractivity contribution is -0.880. The van der Waals surface area contributed by atoms with Gasteiger partial charge in [-0.1, -0.05) is 0 Å². The Balaban J connectivity index is 2.16. The van der Waals surface area contributed by atoms with E-state index < -0.39 is 0 Å². The number of ether oxygens (including phenoxy) is 1. The fourth-order valence-corrected chi connectivity index (χ4v) is 1.87. The first-order valence-corrected chi connectivity index (χ1v) is 6.91. The quantitative estimate of drug-likeness (QED) is 0.381. The molecule has 5 nitrogen and oxygen atoms in total. The van der Waals surface area contributed by atoms with Gasteiger partial charge in [0, 0.05) is 25.3 Å². The molecule has 1 atom stereocenters. The lowest BCUT2D eigenvalue weighted by Crippen LogP contribution is -3.09. The molecule has 0 aliphatic rings. The molecule has 5 heteroatoms. The molecule has 0 saturated heterocycles. The van der Waals surface area contributed by atoms with Gasteiger partial charge < -0.3 is 26.4 Å². The maximum Gasteiger partial charge on any atom is 0.101 e. The van der Waals surface area contributed by atoms with Crippen molar-refractivity contribution in [1.29, 1.82) is 0 Å². The van der Waals surface area contributed by atoms with E-state index in [1.54, 1.807) is 6.07 Å². The van der Waals surface area contributed by atoms with Crippen molar-refractivity contribution >= 4 is 17.1 Å². The minimum atomic E-state index is 0.697. The Hall–Kier alpha value is -1.46. The number of benzene rings is 1. The van der Waals surface area contributed by atoms with Crippen molar-refractivity contribution in [2.45, 2.75) is 13.3 Å². The summed E-state index contributed by atoms with van der Waals surface area (Å²) in [5.74, 6) is 0. The van der Waals surface area contributed by atoms with Crippen molar-refractivity contribution in [3.63, 3.8) is 0 Å². The van der Waals surface area contributed by atoms with Crippen LogP contribution in [-0.4, -0.2) is 39.9 Å². The first-order chi connectivity index (χ1) is 9.13. The van der Waals surface area contributed by atoms with Crippen LogP contribution in [0.25, 0.3) is 0 Å². The number of nitrogens with two attached hydrogens (primary N) is 2. The van der Waals surface area contributed by atoms with Gasteiger partial charge >= 0.3 is 0 Å². The molecule has 1 unspecified atom stereocenters. The van der Waals surface area contributed by atoms with Crippen LogP contribution in [0.4, 0.5) is 17.1 Å². The third-order valence-electron chi connectivity index (χ3n) is 3.05. The van der Waals surface area contributed by atoms with Gasteiger partial charge in [0.1, 0.15) is 6.54 Å². The topological polar surface area (TPSA) is 77.7 Å². The Kier molecular flexibility index (Phi) is 7.07. The highest BCUT2D eigenvalue weighted by Crippen LogP contribution is 2.20. The van der Waals surface area contributed by atoms with Crippen LogP contribution in [0.5, 0.6) is 0 Å². The van der Waals surface area contributed by atoms with Crippen molar-refractivity contribution in [1.82, 2.24) is 0 Å². The molecule has 0 aliphatic heterocycles. The SMILES string of the molecule is CCOCC[NH+](C)CCCNc1ccc(N)cc1N. The number of rotatable bonds is 9. The fourth-order valence-electron chi connectivity index (χ4n) is 1.87. The Bertz CT molecular complexity index is 370. The van der Waals surface area contributed by atoms with E-state index in [1.165, 1.54) is 4.90 Å². The molecule has 0 spiro atoms. The van der Waals surface area contributed by atoms with E-state index in [-0.39, 0.29) is 0 Å². The van der Waals surface area contributed by atoms with E-state index in [9.17, 15) is 0 Å². The molecule has 0 radical (unpaired) electrons. The predicted molar refractivity (Wildman–Crippen MR) is 81.5 cm³/mol. The van der Waals surface area contributed by atoms with Gasteiger partial charge in [0.2, 0.25) is 0 Å². The van der Waals surface area contributed by atoms with Crippen molar-refractivity contribution < 1.29 is 9.64 Å². The molecule has 0 amide bonds. The molecule has 0 aliphatic carbocycles. The molecular formula is C14H27N4O+. The van der Waals surface area contributed by atoms with Crippen LogP contribution < -0.4 is 21.7 Å². The summed E-state index contributed by atoms with van der Waals surface area (Å²) >= 11 is 0. The van der Waals surface area contributed by atoms with Crippen LogP contribution in [0, 0.1) is 0 Å². The maximum absolute atomic E-state index is 5.88. The highest BCUT2D eigenvalue weighted by molar-refractivity contribution is 5.70. The molecule has 1 rings (SSSR count). The third kappa shape index (κ3) is 6.31. The normalized spacial score (nSPS) is 12.3. The Labute approximate surface area is 115 Å². The molecular weight excluding hydrogens is 240 g/mol. The minimum absolute atomic E-state index is 0.697. The number of hydrogen-bond donors (Lipinski definition) is 4. The van der Waals surface area contributed by atoms with Crippen LogP contribution in [-0.2, 0) is 4.74 Å². The van der Waals surface area contributed by atoms with Gasteiger partial charge in [-0.3, -0.25) is 0 Å². The second-order valence-corrected chi connectivity index (χ2v) is 4.78. The van der Waals surface area contributed by atoms with E-state index in [2.05, 4.69) is 12.4 Å². The summed E-state index contributed by atoms with van der Waals surface area (Å²) < 4.78 is 5.34. The zero-order valence-corrected chi connectivity index (χ0v) is 12.0. The summed E-state index contributed by atoms with van der Waals surface area (Å²) in [5.41, 5.74) is 13.9. The number of nitrogen functional groups attached to an aromatic ring is 2. The van der Waals surface area contributed by atoms with E-state index in [4.69, 9.17) is 16.2 Å². The fraction of sp³-hybridized carbons (Fsp3) is 0.571. The molecule has 0 saturated carbocycles. The van der Waals surface area contributed by atoms with Crippen molar-refractivity contribution in [2.24, 2.45) is 0 Å². The van der Waals surface area contributed by atoms with Gasteiger partial charge in [-0.25, -0.2) is 0 Å². The summed E-state index contributed by atoms with van der Waals surface area (Å²) in [7, 11) is 2.19. The van der Waals surface area contributed by atoms with Gasteiger partial charge in [0.15, 0.2) is 0 Å². The van der Waals surface area contributed by atoms with E-state index in [0.717, 1.165) is 45.0 Å². The van der Waals surface area contributed by atoms with Gasteiger partial charge in [-0.15, -0.1) is 0 Å². The summed E-state index contributed by atoms with van der Waals surface area (Å²) in [6.45, 7) is 6.75. The maximum atomic E-state index is 5.88. The Morgan fingerprint density at radius 1 is 1.26 bits per heavy atom. The summed E-state index contributed by atoms with van der Waals surface area (Å²) in [6.07, 6.45) is 1.10. The molecule has 0 fully saturated rings. The summed E-state index contributed by atoms with van der Waals surface area (Å²) in [6, 6.07) is 5.57. The van der Waals surface area contributed by atoms with Crippen LogP contribution in [0.3, 0.4) is 0 Å². The molecule has 1 aromatic rings. The van der Waals surface area contributed by atoms with Crippen LogP contribution >= 0.6 is 0 Å². The number of hydrogen-bond acceptors (Lipinski definition) is 4. The predicted octanol–water partition coefficient (Wildman–Crippen LogP) is 0.204. The zero-order chi connectivity index (χ0) is 14.1. The number of anilines is 3. The monoisotopic (exact) mass is 267 g/mol. The largest absolute Gasteiger partial charge is 0.399 e. The van der Waals surface area contributed by atoms with Crippen molar-refractivity contribution in [3.05, 3.63) is 18.2 Å². The molecule has 1 aromatic carbocycles. The van der Waals surface area contributed by atoms with Gasteiger partial charge in [-0.05, 0) is 25.1 Å². The first-order valence-electron chi connectivity index (χ1n) is 6.91. The molecule has 0 bridgehead atoms. The smallest absolute Gasteiger partial charge is 0.101 e. The van der Waals surface area contributed by atoms with Gasteiger partial charge in [-0.2, -0.15) is 0 Å². The highest BCUT2D eigenvalue weighted by Gasteiger charge is 2.02. The second-order valence-electron chi connectivity index (χ2n) is 4.78. The number of nitrogens with one attached hydrogen (secondary N) is 2. The molecule has 0 heterocycles. The van der Waals surface area contributed by atoms with Crippen molar-refractivity contribution in [3.8, 4) is 0 Å². The van der Waals surface area contributed by atoms with Gasteiger partial charge in [0.05, 0.1) is 31.6 Å². The number of likely N-dealkylation sites (N-methyl/N-ethyl adjacent to an activating group) is 1. The van der Waals surface area contributed by atoms with E-state index in [0.29, 0.717) is 11.4 Å². The summed E-state index contributed by atoms with van der Waals surface area (Å²) in [5, 5.41) is 3.34. The van der Waals surface area contributed by atoms with Crippen LogP contribution in [0.2, 0.25) is 0 Å². The van der Waals surface area contributed by atoms with Gasteiger partial charge in [0.25, 0.3) is 0 Å². The Morgan fingerprint density at radius 3 is 2.74 bits per heavy atom. The third-order valence-corrected chi connectivity index (χ3v) is 3.05. The number of quaternary nitrogens is 1. The second kappa shape index (κ2) is 8.61. The Morgan fingerprint density at radius 2 is 2.05 bits per heavy atom. The van der Waals surface area contributed by atoms with Crippen LogP contribution in [0.1, 0.15) is 13.3 Å². The standard InChI is InChI=1S/C14H26N4O/c1-3-19-10-9-18(2)8-4-7-17-14-6-5-12(15)11-13(14)16/h5-6,11,17H,3-4,7-10,15-16H2,1-2H3/p+1. The zero-order valence-electron chi connectivity index (χ0n) is 12.0. The average molecular weight is 267 g/mol. The summed E-state index contributed by atoms with van der Waals surface area (Å²) in [4.78, 5) is 1.49. The lowest BCUT2D eigenvalue weighted by atomic mass is 10.2. The van der Waals surface area contributed by atoms with Crippen molar-refractivity contribution in [2.75, 3.05) is 56.7 Å². The van der Waals surface area contributed by atoms with Crippen LogP contribution in [0.15, 0.2) is 18.2 Å². The first kappa shape index (κ1) is 15.6. The van der Waals surface area contributed by atoms with E-state index in [1.807, 2.05) is 19.1 Å². The average Bonchev–Trinajstić information content (AvgIpc) is 2.37. The minimum Gasteiger partial charge on any atom is -0.399 e. The molecule has 108 valence electrons. The molecule has 19 heavy (non-hydrogen) atoms. The lowest BCUT2D eigenvalue weighted by Gasteiger charge is -2.14. The highest BCUT2D eigenvalue weighted by atomic mass is 16.5. The molecule has 0 aromatic heterocycles. The molecule has 6 N–H and O–H groups in total.